The summed E-state index contributed by atoms with van der Waals surface area (Å²) >= 11 is 1.70. The quantitative estimate of drug-likeness (QED) is 0.418. The van der Waals surface area contributed by atoms with Crippen molar-refractivity contribution < 1.29 is 23.1 Å². The Morgan fingerprint density at radius 2 is 2.00 bits per heavy atom. The maximum atomic E-state index is 10.6. The Balaban J connectivity index is 0.000000351. The molecule has 1 heterocycles. The summed E-state index contributed by atoms with van der Waals surface area (Å²) in [6.07, 6.45) is 4.52. The van der Waals surface area contributed by atoms with Gasteiger partial charge in [0.2, 0.25) is 0 Å². The molecule has 1 aromatic rings. The Labute approximate surface area is 142 Å². The highest BCUT2D eigenvalue weighted by Crippen LogP contribution is 2.35. The van der Waals surface area contributed by atoms with E-state index in [0.717, 1.165) is 17.7 Å². The first kappa shape index (κ1) is 20.2. The lowest BCUT2D eigenvalue weighted by molar-refractivity contribution is -0.192. The zero-order valence-corrected chi connectivity index (χ0v) is 14.2. The third-order valence-electron chi connectivity index (χ3n) is 3.44. The van der Waals surface area contributed by atoms with Crippen molar-refractivity contribution >= 4 is 28.7 Å². The van der Waals surface area contributed by atoms with Gasteiger partial charge in [-0.05, 0) is 49.3 Å². The number of nitrogens with one attached hydrogen (secondary N) is 1. The van der Waals surface area contributed by atoms with Crippen LogP contribution in [0.4, 0.5) is 13.2 Å². The molecule has 0 fully saturated rings. The van der Waals surface area contributed by atoms with Crippen LogP contribution in [0.15, 0.2) is 12.1 Å². The van der Waals surface area contributed by atoms with Gasteiger partial charge in [0.1, 0.15) is 5.84 Å². The molecule has 134 valence electrons. The van der Waals surface area contributed by atoms with Crippen LogP contribution in [0.2, 0.25) is 0 Å². The van der Waals surface area contributed by atoms with Crippen molar-refractivity contribution in [1.82, 2.24) is 0 Å². The average Bonchev–Trinajstić information content (AvgIpc) is 2.82. The summed E-state index contributed by atoms with van der Waals surface area (Å²) in [6.45, 7) is 2.21. The van der Waals surface area contributed by atoms with Crippen LogP contribution in [0.25, 0.3) is 5.57 Å². The van der Waals surface area contributed by atoms with Gasteiger partial charge in [0.05, 0.1) is 4.88 Å². The van der Waals surface area contributed by atoms with Crippen molar-refractivity contribution in [3.8, 4) is 0 Å². The zero-order valence-electron chi connectivity index (χ0n) is 13.4. The largest absolute Gasteiger partial charge is 0.490 e. The predicted molar refractivity (Wildman–Crippen MR) is 89.5 cm³/mol. The lowest BCUT2D eigenvalue weighted by Gasteiger charge is -2.03. The van der Waals surface area contributed by atoms with Gasteiger partial charge in [0.25, 0.3) is 0 Å². The number of hydrogen-bond acceptors (Lipinski definition) is 3. The molecule has 4 N–H and O–H groups in total. The number of carboxylic acids is 1. The number of nitrogen functional groups attached to an aromatic ring is 1. The van der Waals surface area contributed by atoms with Gasteiger partial charge < -0.3 is 10.8 Å². The smallest absolute Gasteiger partial charge is 0.475 e. The number of halogens is 3. The Morgan fingerprint density at radius 3 is 2.50 bits per heavy atom. The molecule has 2 rings (SSSR count). The Bertz CT molecular complexity index is 621. The van der Waals surface area contributed by atoms with Gasteiger partial charge in [-0.1, -0.05) is 19.4 Å². The van der Waals surface area contributed by atoms with E-state index >= 15 is 0 Å². The van der Waals surface area contributed by atoms with Gasteiger partial charge in [-0.3, -0.25) is 5.41 Å². The number of allylic oxidation sites excluding steroid dienone is 2. The standard InChI is InChI=1S/C14H20N2S.C2HF3O2/c1-2-3-6-10-7-4-5-8-12-11(10)9-13(17-12)14(15)16;3-2(4,5)1(6)7/h6,9H,2-5,7-8H2,1H3,(H3,15,16);(H,6,7). The monoisotopic (exact) mass is 362 g/mol. The molecule has 0 aliphatic heterocycles. The van der Waals surface area contributed by atoms with E-state index in [1.807, 2.05) is 0 Å². The summed E-state index contributed by atoms with van der Waals surface area (Å²) < 4.78 is 31.7. The number of carboxylic acid groups (broad SMARTS) is 1. The molecule has 1 aromatic heterocycles. The van der Waals surface area contributed by atoms with E-state index in [1.54, 1.807) is 11.3 Å². The number of rotatable bonds is 3. The second kappa shape index (κ2) is 8.86. The summed E-state index contributed by atoms with van der Waals surface area (Å²) in [5.41, 5.74) is 8.43. The normalized spacial score (nSPS) is 15.9. The molecule has 0 amide bonds. The fourth-order valence-corrected chi connectivity index (χ4v) is 3.38. The van der Waals surface area contributed by atoms with Crippen LogP contribution in [-0.2, 0) is 11.2 Å². The molecule has 0 unspecified atom stereocenters. The average molecular weight is 362 g/mol. The van der Waals surface area contributed by atoms with Crippen molar-refractivity contribution in [1.29, 1.82) is 5.41 Å². The topological polar surface area (TPSA) is 87.2 Å². The van der Waals surface area contributed by atoms with E-state index in [4.69, 9.17) is 21.0 Å². The molecule has 1 aliphatic carbocycles. The molecule has 0 atom stereocenters. The maximum absolute atomic E-state index is 10.6. The lowest BCUT2D eigenvalue weighted by Crippen LogP contribution is -2.21. The number of unbranched alkanes of at least 4 members (excludes halogenated alkanes) is 1. The van der Waals surface area contributed by atoms with Crippen molar-refractivity contribution in [2.75, 3.05) is 0 Å². The van der Waals surface area contributed by atoms with Crippen LogP contribution in [0.3, 0.4) is 0 Å². The first-order chi connectivity index (χ1) is 11.2. The van der Waals surface area contributed by atoms with Gasteiger partial charge in [-0.15, -0.1) is 11.3 Å². The predicted octanol–water partition coefficient (Wildman–Crippen LogP) is 4.58. The minimum atomic E-state index is -5.08. The van der Waals surface area contributed by atoms with E-state index in [1.165, 1.54) is 41.7 Å². The summed E-state index contributed by atoms with van der Waals surface area (Å²) in [5, 5.41) is 14.7. The summed E-state index contributed by atoms with van der Waals surface area (Å²) in [4.78, 5) is 11.3. The summed E-state index contributed by atoms with van der Waals surface area (Å²) in [6, 6.07) is 2.12. The van der Waals surface area contributed by atoms with E-state index in [-0.39, 0.29) is 5.84 Å². The number of thiophene rings is 1. The lowest BCUT2D eigenvalue weighted by atomic mass is 10.0. The number of hydrogen-bond donors (Lipinski definition) is 3. The molecular formula is C16H21F3N2O2S. The van der Waals surface area contributed by atoms with Gasteiger partial charge in [-0.25, -0.2) is 4.79 Å². The van der Waals surface area contributed by atoms with Gasteiger partial charge in [0.15, 0.2) is 0 Å². The fraction of sp³-hybridized carbons (Fsp3) is 0.500. The number of fused-ring (bicyclic) bond motifs is 1. The number of aryl methyl sites for hydroxylation is 1. The minimum absolute atomic E-state index is 0.206. The Hall–Kier alpha value is -1.83. The van der Waals surface area contributed by atoms with Gasteiger partial charge in [-0.2, -0.15) is 13.2 Å². The van der Waals surface area contributed by atoms with Gasteiger partial charge >= 0.3 is 12.1 Å². The highest BCUT2D eigenvalue weighted by molar-refractivity contribution is 7.14. The molecular weight excluding hydrogens is 341 g/mol. The SMILES string of the molecule is CCCC=C1CCCCc2sc(C(=N)N)cc21.O=C(O)C(F)(F)F. The number of amidine groups is 1. The van der Waals surface area contributed by atoms with Crippen LogP contribution in [0.5, 0.6) is 0 Å². The molecule has 0 aromatic carbocycles. The minimum Gasteiger partial charge on any atom is -0.475 e. The number of aliphatic carboxylic acids is 1. The second-order valence-electron chi connectivity index (χ2n) is 5.39. The molecule has 4 nitrogen and oxygen atoms in total. The molecule has 0 bridgehead atoms. The van der Waals surface area contributed by atoms with Crippen molar-refractivity contribution in [2.24, 2.45) is 5.73 Å². The van der Waals surface area contributed by atoms with E-state index < -0.39 is 12.1 Å². The zero-order chi connectivity index (χ0) is 18.3. The van der Waals surface area contributed by atoms with Crippen LogP contribution in [-0.4, -0.2) is 23.1 Å². The molecule has 24 heavy (non-hydrogen) atoms. The number of carbonyl (C=O) groups is 1. The molecule has 0 radical (unpaired) electrons. The Kier molecular flexibility index (Phi) is 7.47. The van der Waals surface area contributed by atoms with Crippen molar-refractivity contribution in [3.63, 3.8) is 0 Å². The highest BCUT2D eigenvalue weighted by atomic mass is 32.1. The second-order valence-corrected chi connectivity index (χ2v) is 6.53. The third kappa shape index (κ3) is 5.99. The van der Waals surface area contributed by atoms with E-state index in [2.05, 4.69) is 19.1 Å². The van der Waals surface area contributed by atoms with E-state index in [9.17, 15) is 13.2 Å². The molecule has 0 spiro atoms. The van der Waals surface area contributed by atoms with Crippen LogP contribution in [0.1, 0.15) is 54.3 Å². The highest BCUT2D eigenvalue weighted by Gasteiger charge is 2.38. The number of nitrogens with two attached hydrogens (primary N) is 1. The summed E-state index contributed by atoms with van der Waals surface area (Å²) in [5.74, 6) is -2.55. The third-order valence-corrected chi connectivity index (χ3v) is 4.67. The van der Waals surface area contributed by atoms with E-state index in [0.29, 0.717) is 0 Å². The van der Waals surface area contributed by atoms with Crippen LogP contribution < -0.4 is 5.73 Å². The van der Waals surface area contributed by atoms with Crippen LogP contribution >= 0.6 is 11.3 Å². The first-order valence-electron chi connectivity index (χ1n) is 7.63. The molecule has 0 saturated carbocycles. The summed E-state index contributed by atoms with van der Waals surface area (Å²) in [7, 11) is 0. The van der Waals surface area contributed by atoms with Crippen LogP contribution in [0, 0.1) is 5.41 Å². The Morgan fingerprint density at radius 1 is 1.42 bits per heavy atom. The fourth-order valence-electron chi connectivity index (χ4n) is 2.29. The molecule has 0 saturated heterocycles. The van der Waals surface area contributed by atoms with Crippen molar-refractivity contribution in [2.45, 2.75) is 51.6 Å². The van der Waals surface area contributed by atoms with Crippen molar-refractivity contribution in [3.05, 3.63) is 27.5 Å². The number of alkyl halides is 3. The van der Waals surface area contributed by atoms with Gasteiger partial charge in [0, 0.05) is 4.88 Å². The maximum Gasteiger partial charge on any atom is 0.490 e. The molecule has 8 heteroatoms. The molecule has 1 aliphatic rings. The first-order valence-corrected chi connectivity index (χ1v) is 8.45.